The van der Waals surface area contributed by atoms with Crippen molar-refractivity contribution in [1.82, 2.24) is 5.32 Å². The van der Waals surface area contributed by atoms with Crippen molar-refractivity contribution in [2.45, 2.75) is 11.1 Å². The van der Waals surface area contributed by atoms with E-state index in [9.17, 15) is 31.2 Å². The zero-order valence-corrected chi connectivity index (χ0v) is 17.1. The summed E-state index contributed by atoms with van der Waals surface area (Å²) in [4.78, 5) is 23.6. The highest BCUT2D eigenvalue weighted by atomic mass is 79.9. The number of para-hydroxylation sites is 1. The Balaban J connectivity index is 2.40. The average Bonchev–Trinajstić information content (AvgIpc) is 2.64. The normalized spacial score (nSPS) is 11.6. The van der Waals surface area contributed by atoms with Crippen LogP contribution in [0.2, 0.25) is 0 Å². The first kappa shape index (κ1) is 22.7. The highest BCUT2D eigenvalue weighted by molar-refractivity contribution is 9.10. The molecule has 29 heavy (non-hydrogen) atoms. The summed E-state index contributed by atoms with van der Waals surface area (Å²) in [5.74, 6) is -2.03. The van der Waals surface area contributed by atoms with Crippen LogP contribution in [-0.2, 0) is 14.8 Å². The Morgan fingerprint density at radius 1 is 1.10 bits per heavy atom. The van der Waals surface area contributed by atoms with Crippen LogP contribution in [0, 0.1) is 0 Å². The van der Waals surface area contributed by atoms with Crippen molar-refractivity contribution in [3.05, 3.63) is 58.1 Å². The number of hydrogen-bond donors (Lipinski definition) is 2. The molecule has 0 radical (unpaired) electrons. The number of ether oxygens (including phenoxy) is 1. The first-order chi connectivity index (χ1) is 13.4. The van der Waals surface area contributed by atoms with E-state index in [2.05, 4.69) is 25.4 Å². The monoisotopic (exact) mass is 494 g/mol. The van der Waals surface area contributed by atoms with Crippen LogP contribution in [0.3, 0.4) is 0 Å². The van der Waals surface area contributed by atoms with Gasteiger partial charge in [0.15, 0.2) is 0 Å². The van der Waals surface area contributed by atoms with Gasteiger partial charge in [-0.15, -0.1) is 0 Å². The lowest BCUT2D eigenvalue weighted by Crippen LogP contribution is -2.34. The summed E-state index contributed by atoms with van der Waals surface area (Å²) in [5, 5.41) is 1.67. The van der Waals surface area contributed by atoms with Gasteiger partial charge in [-0.1, -0.05) is 28.1 Å². The second-order valence-corrected chi connectivity index (χ2v) is 8.15. The molecular weight excluding hydrogens is 481 g/mol. The molecule has 1 amide bonds. The predicted octanol–water partition coefficient (Wildman–Crippen LogP) is 3.33. The highest BCUT2D eigenvalue weighted by Gasteiger charge is 2.29. The van der Waals surface area contributed by atoms with E-state index in [4.69, 9.17) is 0 Å². The van der Waals surface area contributed by atoms with Crippen LogP contribution < -0.4 is 10.0 Å². The molecule has 2 N–H and O–H groups in total. The van der Waals surface area contributed by atoms with E-state index in [0.29, 0.717) is 4.47 Å². The van der Waals surface area contributed by atoms with E-state index in [1.807, 2.05) is 0 Å². The zero-order valence-electron chi connectivity index (χ0n) is 14.7. The number of alkyl halides is 3. The van der Waals surface area contributed by atoms with Gasteiger partial charge >= 0.3 is 12.1 Å². The van der Waals surface area contributed by atoms with Crippen molar-refractivity contribution in [2.75, 3.05) is 18.4 Å². The molecule has 0 atom stereocenters. The largest absolute Gasteiger partial charge is 0.465 e. The molecule has 0 saturated heterocycles. The molecule has 0 aromatic heterocycles. The summed E-state index contributed by atoms with van der Waals surface area (Å²) >= 11 is 3.12. The number of rotatable bonds is 6. The van der Waals surface area contributed by atoms with Crippen LogP contribution >= 0.6 is 15.9 Å². The molecule has 7 nitrogen and oxygen atoms in total. The standard InChI is InChI=1S/C17H14BrF3N2O5S/c1-28-16(25)12-8-10(18)6-7-14(12)29(26,27)23-13-5-3-2-4-11(13)15(24)22-9-17(19,20)21/h2-8,23H,9H2,1H3,(H,22,24). The Hall–Kier alpha value is -2.60. The van der Waals surface area contributed by atoms with Crippen molar-refractivity contribution in [3.8, 4) is 0 Å². The van der Waals surface area contributed by atoms with Crippen LogP contribution in [0.4, 0.5) is 18.9 Å². The Labute approximate surface area is 172 Å². The van der Waals surface area contributed by atoms with Gasteiger partial charge in [0.05, 0.1) is 23.9 Å². The molecule has 0 aliphatic heterocycles. The molecule has 0 spiro atoms. The second kappa shape index (κ2) is 8.82. The molecule has 0 bridgehead atoms. The number of methoxy groups -OCH3 is 1. The van der Waals surface area contributed by atoms with Crippen LogP contribution in [0.15, 0.2) is 51.8 Å². The molecular formula is C17H14BrF3N2O5S. The first-order valence-electron chi connectivity index (χ1n) is 7.79. The SMILES string of the molecule is COC(=O)c1cc(Br)ccc1S(=O)(=O)Nc1ccccc1C(=O)NCC(F)(F)F. The molecule has 0 aliphatic rings. The van der Waals surface area contributed by atoms with Crippen molar-refractivity contribution in [3.63, 3.8) is 0 Å². The van der Waals surface area contributed by atoms with Gasteiger partial charge in [0.1, 0.15) is 11.4 Å². The third-order valence-electron chi connectivity index (χ3n) is 3.50. The summed E-state index contributed by atoms with van der Waals surface area (Å²) in [6.07, 6.45) is -4.63. The third-order valence-corrected chi connectivity index (χ3v) is 5.42. The third kappa shape index (κ3) is 5.94. The lowest BCUT2D eigenvalue weighted by molar-refractivity contribution is -0.123. The van der Waals surface area contributed by atoms with Gasteiger partial charge in [-0.05, 0) is 30.3 Å². The minimum absolute atomic E-state index is 0.258. The molecule has 0 heterocycles. The van der Waals surface area contributed by atoms with Gasteiger partial charge in [-0.25, -0.2) is 13.2 Å². The fourth-order valence-corrected chi connectivity index (χ4v) is 3.87. The quantitative estimate of drug-likeness (QED) is 0.599. The number of halogens is 4. The van der Waals surface area contributed by atoms with E-state index in [-0.39, 0.29) is 16.8 Å². The fourth-order valence-electron chi connectivity index (χ4n) is 2.25. The number of sulfonamides is 1. The number of hydrogen-bond acceptors (Lipinski definition) is 5. The summed E-state index contributed by atoms with van der Waals surface area (Å²) in [6.45, 7) is -1.58. The predicted molar refractivity (Wildman–Crippen MR) is 101 cm³/mol. The summed E-state index contributed by atoms with van der Waals surface area (Å²) in [7, 11) is -3.31. The molecule has 0 fully saturated rings. The molecule has 2 aromatic carbocycles. The average molecular weight is 495 g/mol. The maximum Gasteiger partial charge on any atom is 0.405 e. The number of esters is 1. The zero-order chi connectivity index (χ0) is 21.8. The first-order valence-corrected chi connectivity index (χ1v) is 10.1. The molecule has 12 heteroatoms. The highest BCUT2D eigenvalue weighted by Crippen LogP contribution is 2.25. The van der Waals surface area contributed by atoms with Gasteiger partial charge in [0.2, 0.25) is 0 Å². The topological polar surface area (TPSA) is 102 Å². The number of nitrogens with one attached hydrogen (secondary N) is 2. The Morgan fingerprint density at radius 2 is 1.76 bits per heavy atom. The molecule has 2 rings (SSSR count). The molecule has 0 unspecified atom stereocenters. The molecule has 0 saturated carbocycles. The van der Waals surface area contributed by atoms with Gasteiger partial charge in [0.25, 0.3) is 15.9 Å². The summed E-state index contributed by atoms with van der Waals surface area (Å²) in [6, 6.07) is 8.88. The smallest absolute Gasteiger partial charge is 0.405 e. The maximum atomic E-state index is 12.8. The number of anilines is 1. The number of amides is 1. The van der Waals surface area contributed by atoms with Gasteiger partial charge in [-0.2, -0.15) is 13.2 Å². The van der Waals surface area contributed by atoms with Gasteiger partial charge < -0.3 is 10.1 Å². The van der Waals surface area contributed by atoms with Crippen LogP contribution in [0.5, 0.6) is 0 Å². The number of carbonyl (C=O) groups is 2. The Morgan fingerprint density at radius 3 is 2.38 bits per heavy atom. The van der Waals surface area contributed by atoms with Crippen molar-refractivity contribution in [1.29, 1.82) is 0 Å². The van der Waals surface area contributed by atoms with E-state index in [0.717, 1.165) is 19.2 Å². The molecule has 0 aliphatic carbocycles. The molecule has 156 valence electrons. The lowest BCUT2D eigenvalue weighted by atomic mass is 10.1. The van der Waals surface area contributed by atoms with E-state index in [1.54, 1.807) is 5.32 Å². The van der Waals surface area contributed by atoms with Crippen molar-refractivity contribution in [2.24, 2.45) is 0 Å². The molecule has 2 aromatic rings. The van der Waals surface area contributed by atoms with E-state index < -0.39 is 39.5 Å². The summed E-state index contributed by atoms with van der Waals surface area (Å²) in [5.41, 5.74) is -0.851. The number of carbonyl (C=O) groups excluding carboxylic acids is 2. The minimum atomic E-state index is -4.63. The second-order valence-electron chi connectivity index (χ2n) is 5.58. The maximum absolute atomic E-state index is 12.8. The van der Waals surface area contributed by atoms with Crippen LogP contribution in [0.1, 0.15) is 20.7 Å². The van der Waals surface area contributed by atoms with E-state index >= 15 is 0 Å². The Kier molecular flexibility index (Phi) is 6.90. The van der Waals surface area contributed by atoms with Gasteiger partial charge in [0, 0.05) is 4.47 Å². The van der Waals surface area contributed by atoms with Crippen LogP contribution in [-0.4, -0.2) is 40.1 Å². The van der Waals surface area contributed by atoms with Crippen molar-refractivity contribution < 1.29 is 35.9 Å². The van der Waals surface area contributed by atoms with Crippen molar-refractivity contribution >= 4 is 43.5 Å². The lowest BCUT2D eigenvalue weighted by Gasteiger charge is -2.15. The minimum Gasteiger partial charge on any atom is -0.465 e. The fraction of sp³-hybridized carbons (Fsp3) is 0.176. The Bertz CT molecular complexity index is 1040. The number of benzene rings is 2. The van der Waals surface area contributed by atoms with Gasteiger partial charge in [-0.3, -0.25) is 9.52 Å². The summed E-state index contributed by atoms with van der Waals surface area (Å²) < 4.78 is 69.7. The van der Waals surface area contributed by atoms with E-state index in [1.165, 1.54) is 30.3 Å². The van der Waals surface area contributed by atoms with Crippen LogP contribution in [0.25, 0.3) is 0 Å².